The first kappa shape index (κ1) is 21.0. The second-order valence-corrected chi connectivity index (χ2v) is 6.84. The van der Waals surface area contributed by atoms with Crippen molar-refractivity contribution in [2.75, 3.05) is 27.7 Å². The third kappa shape index (κ3) is 8.86. The molecule has 1 rings (SSSR count). The Labute approximate surface area is 148 Å². The van der Waals surface area contributed by atoms with Crippen LogP contribution in [0.4, 0.5) is 0 Å². The number of likely N-dealkylation sites (N-methyl/N-ethyl adjacent to an activating group) is 1. The van der Waals surface area contributed by atoms with E-state index in [0.717, 1.165) is 24.3 Å². The smallest absolute Gasteiger partial charge is 0.191 e. The second kappa shape index (κ2) is 10.6. The fraction of sp³-hybridized carbons (Fsp3) is 0.938. The van der Waals surface area contributed by atoms with E-state index in [2.05, 4.69) is 55.4 Å². The molecule has 2 unspecified atom stereocenters. The average Bonchev–Trinajstić information content (AvgIpc) is 3.19. The third-order valence-corrected chi connectivity index (χ3v) is 4.09. The van der Waals surface area contributed by atoms with Gasteiger partial charge in [-0.3, -0.25) is 4.99 Å². The zero-order valence-electron chi connectivity index (χ0n) is 14.6. The van der Waals surface area contributed by atoms with Crippen molar-refractivity contribution in [2.45, 2.75) is 58.5 Å². The van der Waals surface area contributed by atoms with Gasteiger partial charge >= 0.3 is 0 Å². The van der Waals surface area contributed by atoms with E-state index in [1.807, 2.05) is 7.05 Å². The molecule has 0 bridgehead atoms. The lowest BCUT2D eigenvalue weighted by Gasteiger charge is -2.26. The summed E-state index contributed by atoms with van der Waals surface area (Å²) >= 11 is 0. The van der Waals surface area contributed by atoms with Crippen molar-refractivity contribution in [1.82, 2.24) is 15.5 Å². The molecule has 2 N–H and O–H groups in total. The number of rotatable bonds is 8. The first-order valence-electron chi connectivity index (χ1n) is 8.07. The first-order valence-corrected chi connectivity index (χ1v) is 8.07. The number of halogens is 1. The number of guanidine groups is 1. The molecular weight excluding hydrogens is 375 g/mol. The van der Waals surface area contributed by atoms with E-state index in [-0.39, 0.29) is 24.0 Å². The van der Waals surface area contributed by atoms with Gasteiger partial charge in [0.1, 0.15) is 0 Å². The Hall–Kier alpha value is -0.0400. The Kier molecular flexibility index (Phi) is 10.6. The summed E-state index contributed by atoms with van der Waals surface area (Å²) in [6.07, 6.45) is 5.20. The molecule has 0 aromatic heterocycles. The molecule has 4 nitrogen and oxygen atoms in total. The second-order valence-electron chi connectivity index (χ2n) is 6.84. The Balaban J connectivity index is 0.00000400. The van der Waals surface area contributed by atoms with Crippen LogP contribution in [0.15, 0.2) is 4.99 Å². The maximum atomic E-state index is 4.34. The number of hydrogen-bond acceptors (Lipinski definition) is 2. The monoisotopic (exact) mass is 410 g/mol. The van der Waals surface area contributed by atoms with Crippen LogP contribution in [0.2, 0.25) is 0 Å². The van der Waals surface area contributed by atoms with Crippen LogP contribution < -0.4 is 10.6 Å². The summed E-state index contributed by atoms with van der Waals surface area (Å²) in [7, 11) is 6.20. The summed E-state index contributed by atoms with van der Waals surface area (Å²) in [6, 6.07) is 1.10. The molecule has 1 aliphatic carbocycles. The first-order chi connectivity index (χ1) is 9.43. The Morgan fingerprint density at radius 3 is 2.24 bits per heavy atom. The summed E-state index contributed by atoms with van der Waals surface area (Å²) < 4.78 is 0. The van der Waals surface area contributed by atoms with Gasteiger partial charge in [-0.25, -0.2) is 0 Å². The van der Waals surface area contributed by atoms with Crippen LogP contribution in [0, 0.1) is 11.8 Å². The van der Waals surface area contributed by atoms with Crippen LogP contribution in [0.25, 0.3) is 0 Å². The number of aliphatic imine (C=N–C) groups is 1. The molecule has 5 heteroatoms. The standard InChI is InChI=1S/C16H34N4.HI/c1-12(2)7-8-13(3)19-16(17-4)18-11-15(20(5)6)14-9-10-14;/h12-15H,7-11H2,1-6H3,(H2,17,18,19);1H. The minimum absolute atomic E-state index is 0. The molecule has 0 amide bonds. The predicted octanol–water partition coefficient (Wildman–Crippen LogP) is 2.93. The quantitative estimate of drug-likeness (QED) is 0.367. The van der Waals surface area contributed by atoms with E-state index in [1.54, 1.807) is 0 Å². The molecule has 2 atom stereocenters. The Bertz CT molecular complexity index is 299. The molecule has 1 saturated carbocycles. The molecule has 0 saturated heterocycles. The van der Waals surface area contributed by atoms with Crippen LogP contribution >= 0.6 is 24.0 Å². The van der Waals surface area contributed by atoms with Crippen molar-refractivity contribution in [2.24, 2.45) is 16.8 Å². The van der Waals surface area contributed by atoms with Gasteiger partial charge in [-0.05, 0) is 58.5 Å². The highest BCUT2D eigenvalue weighted by atomic mass is 127. The summed E-state index contributed by atoms with van der Waals surface area (Å²) in [5, 5.41) is 6.98. The minimum Gasteiger partial charge on any atom is -0.355 e. The lowest BCUT2D eigenvalue weighted by molar-refractivity contribution is 0.263. The molecule has 0 aliphatic heterocycles. The van der Waals surface area contributed by atoms with Crippen LogP contribution in [-0.4, -0.2) is 50.6 Å². The summed E-state index contributed by atoms with van der Waals surface area (Å²) in [4.78, 5) is 6.68. The Morgan fingerprint density at radius 2 is 1.81 bits per heavy atom. The molecular formula is C16H35IN4. The van der Waals surface area contributed by atoms with Gasteiger partial charge in [0.15, 0.2) is 5.96 Å². The molecule has 21 heavy (non-hydrogen) atoms. The lowest BCUT2D eigenvalue weighted by Crippen LogP contribution is -2.48. The Morgan fingerprint density at radius 1 is 1.19 bits per heavy atom. The van der Waals surface area contributed by atoms with Gasteiger partial charge in [-0.1, -0.05) is 13.8 Å². The largest absolute Gasteiger partial charge is 0.355 e. The van der Waals surface area contributed by atoms with Crippen molar-refractivity contribution in [3.63, 3.8) is 0 Å². The van der Waals surface area contributed by atoms with Crippen molar-refractivity contribution >= 4 is 29.9 Å². The molecule has 126 valence electrons. The van der Waals surface area contributed by atoms with Crippen LogP contribution in [0.3, 0.4) is 0 Å². The molecule has 1 aliphatic rings. The maximum absolute atomic E-state index is 4.34. The fourth-order valence-electron chi connectivity index (χ4n) is 2.54. The third-order valence-electron chi connectivity index (χ3n) is 4.09. The molecule has 0 heterocycles. The number of nitrogens with zero attached hydrogens (tertiary/aromatic N) is 2. The summed E-state index contributed by atoms with van der Waals surface area (Å²) in [5.74, 6) is 2.57. The van der Waals surface area contributed by atoms with Gasteiger partial charge < -0.3 is 15.5 Å². The van der Waals surface area contributed by atoms with Gasteiger partial charge in [0.25, 0.3) is 0 Å². The number of hydrogen-bond donors (Lipinski definition) is 2. The molecule has 0 aromatic carbocycles. The highest BCUT2D eigenvalue weighted by Crippen LogP contribution is 2.34. The van der Waals surface area contributed by atoms with E-state index < -0.39 is 0 Å². The van der Waals surface area contributed by atoms with Crippen LogP contribution in [0.1, 0.15) is 46.5 Å². The van der Waals surface area contributed by atoms with Crippen molar-refractivity contribution < 1.29 is 0 Å². The summed E-state index contributed by atoms with van der Waals surface area (Å²) in [6.45, 7) is 7.77. The molecule has 1 fully saturated rings. The lowest BCUT2D eigenvalue weighted by atomic mass is 10.0. The van der Waals surface area contributed by atoms with Crippen LogP contribution in [-0.2, 0) is 0 Å². The molecule has 0 spiro atoms. The van der Waals surface area contributed by atoms with Gasteiger partial charge in [0, 0.05) is 25.7 Å². The topological polar surface area (TPSA) is 39.7 Å². The highest BCUT2D eigenvalue weighted by Gasteiger charge is 2.32. The molecule has 0 radical (unpaired) electrons. The minimum atomic E-state index is 0. The van der Waals surface area contributed by atoms with Crippen molar-refractivity contribution in [3.05, 3.63) is 0 Å². The van der Waals surface area contributed by atoms with Gasteiger partial charge in [0.05, 0.1) is 0 Å². The zero-order chi connectivity index (χ0) is 15.1. The van der Waals surface area contributed by atoms with E-state index in [1.165, 1.54) is 25.7 Å². The van der Waals surface area contributed by atoms with Gasteiger partial charge in [-0.15, -0.1) is 24.0 Å². The normalized spacial score (nSPS) is 18.4. The predicted molar refractivity (Wildman–Crippen MR) is 104 cm³/mol. The van der Waals surface area contributed by atoms with Crippen molar-refractivity contribution in [3.8, 4) is 0 Å². The average molecular weight is 410 g/mol. The van der Waals surface area contributed by atoms with Crippen molar-refractivity contribution in [1.29, 1.82) is 0 Å². The molecule has 0 aromatic rings. The van der Waals surface area contributed by atoms with Gasteiger partial charge in [0.2, 0.25) is 0 Å². The van der Waals surface area contributed by atoms with Gasteiger partial charge in [-0.2, -0.15) is 0 Å². The van der Waals surface area contributed by atoms with E-state index in [4.69, 9.17) is 0 Å². The zero-order valence-corrected chi connectivity index (χ0v) is 17.0. The van der Waals surface area contributed by atoms with E-state index in [0.29, 0.717) is 12.1 Å². The van der Waals surface area contributed by atoms with E-state index in [9.17, 15) is 0 Å². The highest BCUT2D eigenvalue weighted by molar-refractivity contribution is 14.0. The SMILES string of the molecule is CN=C(NCC(C1CC1)N(C)C)NC(C)CCC(C)C.I. The van der Waals surface area contributed by atoms with Crippen LogP contribution in [0.5, 0.6) is 0 Å². The fourth-order valence-corrected chi connectivity index (χ4v) is 2.54. The maximum Gasteiger partial charge on any atom is 0.191 e. The summed E-state index contributed by atoms with van der Waals surface area (Å²) in [5.41, 5.74) is 0. The number of nitrogens with one attached hydrogen (secondary N) is 2. The van der Waals surface area contributed by atoms with E-state index >= 15 is 0 Å².